The summed E-state index contributed by atoms with van der Waals surface area (Å²) in [5.41, 5.74) is 0.883. The fourth-order valence-corrected chi connectivity index (χ4v) is 6.30. The van der Waals surface area contributed by atoms with Gasteiger partial charge in [-0.05, 0) is 54.1 Å². The van der Waals surface area contributed by atoms with Crippen LogP contribution in [-0.2, 0) is 23.2 Å². The minimum Gasteiger partial charge on any atom is -0.493 e. The summed E-state index contributed by atoms with van der Waals surface area (Å²) in [6.45, 7) is 0.757. The molecule has 164 valence electrons. The molecule has 0 unspecified atom stereocenters. The van der Waals surface area contributed by atoms with Gasteiger partial charge in [-0.1, -0.05) is 43.2 Å². The van der Waals surface area contributed by atoms with E-state index < -0.39 is 10.0 Å². The second kappa shape index (κ2) is 9.85. The molecule has 1 saturated carbocycles. The molecule has 1 fully saturated rings. The van der Waals surface area contributed by atoms with Gasteiger partial charge in [-0.2, -0.15) is 4.31 Å². The quantitative estimate of drug-likeness (QED) is 0.428. The second-order valence-electron chi connectivity index (χ2n) is 7.65. The Kier molecular flexibility index (Phi) is 6.95. The molecule has 0 aliphatic heterocycles. The summed E-state index contributed by atoms with van der Waals surface area (Å²) in [6, 6.07) is 18.4. The SMILES string of the molecule is COc1ccc(CN(C2CCCC2)S(=O)(=O)c2ccccc2)cc1OCc1cccs1. The van der Waals surface area contributed by atoms with Gasteiger partial charge in [0.2, 0.25) is 10.0 Å². The number of thiophene rings is 1. The van der Waals surface area contributed by atoms with Crippen molar-refractivity contribution < 1.29 is 17.9 Å². The number of ether oxygens (including phenoxy) is 2. The van der Waals surface area contributed by atoms with E-state index in [-0.39, 0.29) is 6.04 Å². The summed E-state index contributed by atoms with van der Waals surface area (Å²) in [6.07, 6.45) is 3.90. The van der Waals surface area contributed by atoms with Crippen molar-refractivity contribution in [2.24, 2.45) is 0 Å². The predicted molar refractivity (Wildman–Crippen MR) is 123 cm³/mol. The summed E-state index contributed by atoms with van der Waals surface area (Å²) in [5.74, 6) is 1.26. The summed E-state index contributed by atoms with van der Waals surface area (Å²) in [5, 5.41) is 2.01. The lowest BCUT2D eigenvalue weighted by Crippen LogP contribution is -2.38. The maximum absolute atomic E-state index is 13.5. The Hall–Kier alpha value is -2.35. The highest BCUT2D eigenvalue weighted by atomic mass is 32.2. The molecule has 1 aliphatic rings. The molecule has 3 aromatic rings. The Morgan fingerprint density at radius 2 is 1.77 bits per heavy atom. The monoisotopic (exact) mass is 457 g/mol. The third-order valence-electron chi connectivity index (χ3n) is 5.60. The van der Waals surface area contributed by atoms with Gasteiger partial charge in [-0.15, -0.1) is 11.3 Å². The van der Waals surface area contributed by atoms with Crippen molar-refractivity contribution in [2.45, 2.75) is 49.8 Å². The number of benzene rings is 2. The number of sulfonamides is 1. The average Bonchev–Trinajstić information content (AvgIpc) is 3.51. The van der Waals surface area contributed by atoms with Crippen LogP contribution in [0.5, 0.6) is 11.5 Å². The topological polar surface area (TPSA) is 55.8 Å². The van der Waals surface area contributed by atoms with E-state index in [0.29, 0.717) is 29.5 Å². The third kappa shape index (κ3) is 5.11. The third-order valence-corrected chi connectivity index (χ3v) is 8.36. The van der Waals surface area contributed by atoms with Crippen LogP contribution in [-0.4, -0.2) is 25.9 Å². The number of methoxy groups -OCH3 is 1. The minimum atomic E-state index is -3.60. The van der Waals surface area contributed by atoms with Crippen LogP contribution in [0.1, 0.15) is 36.1 Å². The lowest BCUT2D eigenvalue weighted by molar-refractivity contribution is 0.285. The Bertz CT molecular complexity index is 1080. The van der Waals surface area contributed by atoms with Crippen molar-refractivity contribution in [1.82, 2.24) is 4.31 Å². The molecule has 4 rings (SSSR count). The first-order chi connectivity index (χ1) is 15.1. The van der Waals surface area contributed by atoms with Crippen LogP contribution in [0.4, 0.5) is 0 Å². The Labute approximate surface area is 188 Å². The van der Waals surface area contributed by atoms with E-state index in [1.807, 2.05) is 41.8 Å². The Morgan fingerprint density at radius 1 is 1.00 bits per heavy atom. The van der Waals surface area contributed by atoms with E-state index in [1.165, 1.54) is 0 Å². The highest BCUT2D eigenvalue weighted by Gasteiger charge is 2.33. The maximum Gasteiger partial charge on any atom is 0.243 e. The predicted octanol–water partition coefficient (Wildman–Crippen LogP) is 5.47. The van der Waals surface area contributed by atoms with E-state index in [0.717, 1.165) is 36.1 Å². The molecule has 2 aromatic carbocycles. The van der Waals surface area contributed by atoms with Crippen molar-refractivity contribution in [3.05, 3.63) is 76.5 Å². The van der Waals surface area contributed by atoms with Gasteiger partial charge in [-0.25, -0.2) is 8.42 Å². The van der Waals surface area contributed by atoms with Crippen molar-refractivity contribution in [3.8, 4) is 11.5 Å². The molecule has 0 amide bonds. The summed E-state index contributed by atoms with van der Waals surface area (Å²) >= 11 is 1.63. The van der Waals surface area contributed by atoms with E-state index in [9.17, 15) is 8.42 Å². The van der Waals surface area contributed by atoms with Crippen molar-refractivity contribution in [3.63, 3.8) is 0 Å². The maximum atomic E-state index is 13.5. The standard InChI is InChI=1S/C24H27NO4S2/c1-28-23-14-13-19(16-24(23)29-18-21-10-7-15-30-21)17-25(20-8-5-6-9-20)31(26,27)22-11-3-2-4-12-22/h2-4,7,10-16,20H,5-6,8-9,17-18H2,1H3. The van der Waals surface area contributed by atoms with Crippen LogP contribution in [0.2, 0.25) is 0 Å². The summed E-state index contributed by atoms with van der Waals surface area (Å²) in [7, 11) is -1.99. The van der Waals surface area contributed by atoms with Crippen LogP contribution in [0.15, 0.2) is 70.9 Å². The minimum absolute atomic E-state index is 0.0165. The lowest BCUT2D eigenvalue weighted by atomic mass is 10.1. The Morgan fingerprint density at radius 3 is 2.45 bits per heavy atom. The first kappa shape index (κ1) is 21.9. The molecule has 0 radical (unpaired) electrons. The van der Waals surface area contributed by atoms with E-state index in [4.69, 9.17) is 9.47 Å². The largest absolute Gasteiger partial charge is 0.493 e. The molecule has 1 aromatic heterocycles. The molecule has 0 atom stereocenters. The van der Waals surface area contributed by atoms with E-state index in [1.54, 1.807) is 47.0 Å². The van der Waals surface area contributed by atoms with Crippen molar-refractivity contribution in [2.75, 3.05) is 7.11 Å². The molecule has 31 heavy (non-hydrogen) atoms. The van der Waals surface area contributed by atoms with Crippen LogP contribution in [0.3, 0.4) is 0 Å². The molecule has 0 spiro atoms. The number of nitrogens with zero attached hydrogens (tertiary/aromatic N) is 1. The van der Waals surface area contributed by atoms with Crippen LogP contribution in [0, 0.1) is 0 Å². The van der Waals surface area contributed by atoms with Gasteiger partial charge in [0.25, 0.3) is 0 Å². The van der Waals surface area contributed by atoms with Gasteiger partial charge in [-0.3, -0.25) is 0 Å². The second-order valence-corrected chi connectivity index (χ2v) is 10.6. The zero-order valence-corrected chi connectivity index (χ0v) is 19.2. The van der Waals surface area contributed by atoms with Crippen LogP contribution in [0.25, 0.3) is 0 Å². The molecule has 1 heterocycles. The number of hydrogen-bond acceptors (Lipinski definition) is 5. The summed E-state index contributed by atoms with van der Waals surface area (Å²) < 4.78 is 40.1. The first-order valence-electron chi connectivity index (χ1n) is 10.5. The van der Waals surface area contributed by atoms with Crippen molar-refractivity contribution in [1.29, 1.82) is 0 Å². The number of hydrogen-bond donors (Lipinski definition) is 0. The summed E-state index contributed by atoms with van der Waals surface area (Å²) in [4.78, 5) is 1.45. The highest BCUT2D eigenvalue weighted by Crippen LogP contribution is 2.33. The molecule has 1 aliphatic carbocycles. The fraction of sp³-hybridized carbons (Fsp3) is 0.333. The molecule has 7 heteroatoms. The molecule has 0 N–H and O–H groups in total. The molecular formula is C24H27NO4S2. The smallest absolute Gasteiger partial charge is 0.243 e. The van der Waals surface area contributed by atoms with Crippen LogP contribution < -0.4 is 9.47 Å². The fourth-order valence-electron chi connectivity index (χ4n) is 3.99. The van der Waals surface area contributed by atoms with Gasteiger partial charge in [0, 0.05) is 17.5 Å². The van der Waals surface area contributed by atoms with Gasteiger partial charge in [0.15, 0.2) is 11.5 Å². The Balaban J connectivity index is 1.61. The lowest BCUT2D eigenvalue weighted by Gasteiger charge is -2.28. The molecule has 0 saturated heterocycles. The van der Waals surface area contributed by atoms with Gasteiger partial charge >= 0.3 is 0 Å². The van der Waals surface area contributed by atoms with Gasteiger partial charge in [0.05, 0.1) is 12.0 Å². The zero-order valence-electron chi connectivity index (χ0n) is 17.6. The van der Waals surface area contributed by atoms with E-state index >= 15 is 0 Å². The van der Waals surface area contributed by atoms with Gasteiger partial charge in [0.1, 0.15) is 6.61 Å². The normalized spacial score (nSPS) is 14.8. The highest BCUT2D eigenvalue weighted by molar-refractivity contribution is 7.89. The van der Waals surface area contributed by atoms with Crippen molar-refractivity contribution >= 4 is 21.4 Å². The molecular weight excluding hydrogens is 430 g/mol. The molecule has 0 bridgehead atoms. The van der Waals surface area contributed by atoms with Gasteiger partial charge < -0.3 is 9.47 Å². The van der Waals surface area contributed by atoms with E-state index in [2.05, 4.69) is 0 Å². The van der Waals surface area contributed by atoms with Crippen LogP contribution >= 0.6 is 11.3 Å². The zero-order chi connectivity index (χ0) is 21.7. The average molecular weight is 458 g/mol. The number of rotatable bonds is 9. The molecule has 5 nitrogen and oxygen atoms in total. The first-order valence-corrected chi connectivity index (χ1v) is 12.8.